The van der Waals surface area contributed by atoms with Gasteiger partial charge in [0.1, 0.15) is 0 Å². The number of piperazine rings is 1. The number of hydrogen-bond donors (Lipinski definition) is 1. The highest BCUT2D eigenvalue weighted by Crippen LogP contribution is 2.22. The van der Waals surface area contributed by atoms with E-state index in [4.69, 9.17) is 17.3 Å². The van der Waals surface area contributed by atoms with E-state index in [1.165, 1.54) is 0 Å². The highest BCUT2D eigenvalue weighted by molar-refractivity contribution is 6.31. The van der Waals surface area contributed by atoms with E-state index in [0.29, 0.717) is 6.04 Å². The van der Waals surface area contributed by atoms with Crippen molar-refractivity contribution in [2.45, 2.75) is 25.4 Å². The normalized spacial score (nSPS) is 23.8. The molecule has 0 radical (unpaired) electrons. The van der Waals surface area contributed by atoms with Gasteiger partial charge in [0.2, 0.25) is 0 Å². The maximum atomic E-state index is 6.41. The van der Waals surface area contributed by atoms with Crippen molar-refractivity contribution in [3.05, 3.63) is 16.4 Å². The van der Waals surface area contributed by atoms with Crippen LogP contribution in [0.4, 0.5) is 0 Å². The minimum Gasteiger partial charge on any atom is -0.326 e. The molecule has 0 bridgehead atoms. The summed E-state index contributed by atoms with van der Waals surface area (Å²) in [6.45, 7) is 5.10. The Morgan fingerprint density at radius 1 is 1.37 bits per heavy atom. The first kappa shape index (κ1) is 14.8. The van der Waals surface area contributed by atoms with Crippen molar-refractivity contribution >= 4 is 11.6 Å². The highest BCUT2D eigenvalue weighted by atomic mass is 35.5. The summed E-state index contributed by atoms with van der Waals surface area (Å²) in [5.41, 5.74) is 8.32. The molecule has 0 spiro atoms. The van der Waals surface area contributed by atoms with Gasteiger partial charge in [0.05, 0.1) is 16.4 Å². The minimum absolute atomic E-state index is 0.0695. The maximum Gasteiger partial charge on any atom is 0.0847 e. The Balaban J connectivity index is 2.09. The number of hydrogen-bond acceptors (Lipinski definition) is 4. The fourth-order valence-corrected chi connectivity index (χ4v) is 3.00. The summed E-state index contributed by atoms with van der Waals surface area (Å²) in [5.74, 6) is 0. The van der Waals surface area contributed by atoms with Crippen LogP contribution in [0.1, 0.15) is 11.4 Å². The summed E-state index contributed by atoms with van der Waals surface area (Å²) in [4.78, 5) is 4.68. The second kappa shape index (κ2) is 5.79. The van der Waals surface area contributed by atoms with Crippen LogP contribution in [-0.4, -0.2) is 65.4 Å². The molecule has 6 heteroatoms. The van der Waals surface area contributed by atoms with Gasteiger partial charge in [0.25, 0.3) is 0 Å². The zero-order valence-electron chi connectivity index (χ0n) is 12.2. The highest BCUT2D eigenvalue weighted by Gasteiger charge is 2.29. The van der Waals surface area contributed by atoms with E-state index in [1.54, 1.807) is 0 Å². The summed E-state index contributed by atoms with van der Waals surface area (Å²) >= 11 is 6.30. The molecular weight excluding hydrogens is 262 g/mol. The molecule has 2 heterocycles. The zero-order valence-corrected chi connectivity index (χ0v) is 13.0. The molecular formula is C13H24ClN5. The molecule has 1 aromatic heterocycles. The molecule has 1 saturated heterocycles. The van der Waals surface area contributed by atoms with Crippen molar-refractivity contribution in [3.63, 3.8) is 0 Å². The molecule has 1 fully saturated rings. The maximum absolute atomic E-state index is 6.41. The van der Waals surface area contributed by atoms with Gasteiger partial charge in [-0.05, 0) is 21.0 Å². The first-order valence-corrected chi connectivity index (χ1v) is 7.10. The van der Waals surface area contributed by atoms with Crippen molar-refractivity contribution in [1.29, 1.82) is 0 Å². The molecule has 1 aliphatic rings. The average molecular weight is 286 g/mol. The Hall–Kier alpha value is -0.620. The number of rotatable bonds is 3. The first-order chi connectivity index (χ1) is 8.90. The van der Waals surface area contributed by atoms with Gasteiger partial charge in [-0.15, -0.1) is 0 Å². The van der Waals surface area contributed by atoms with Crippen LogP contribution in [0.5, 0.6) is 0 Å². The smallest absolute Gasteiger partial charge is 0.0847 e. The van der Waals surface area contributed by atoms with Gasteiger partial charge in [0.15, 0.2) is 0 Å². The Labute approximate surface area is 120 Å². The van der Waals surface area contributed by atoms with Gasteiger partial charge in [-0.25, -0.2) is 0 Å². The van der Waals surface area contributed by atoms with Gasteiger partial charge < -0.3 is 10.6 Å². The molecule has 0 amide bonds. The van der Waals surface area contributed by atoms with Crippen molar-refractivity contribution in [3.8, 4) is 0 Å². The second-order valence-electron chi connectivity index (χ2n) is 5.65. The van der Waals surface area contributed by atoms with E-state index < -0.39 is 0 Å². The van der Waals surface area contributed by atoms with Crippen LogP contribution in [0.2, 0.25) is 5.02 Å². The predicted octanol–water partition coefficient (Wildman–Crippen LogP) is 0.498. The van der Waals surface area contributed by atoms with Crippen molar-refractivity contribution in [1.82, 2.24) is 19.6 Å². The number of aryl methyl sites for hydroxylation is 2. The Morgan fingerprint density at radius 2 is 2.05 bits per heavy atom. The van der Waals surface area contributed by atoms with Crippen LogP contribution in [0.15, 0.2) is 0 Å². The number of likely N-dealkylation sites (N-methyl/N-ethyl adjacent to an activating group) is 2. The molecule has 19 heavy (non-hydrogen) atoms. The summed E-state index contributed by atoms with van der Waals surface area (Å²) in [6.07, 6.45) is 0.763. The van der Waals surface area contributed by atoms with E-state index in [0.717, 1.165) is 42.5 Å². The predicted molar refractivity (Wildman–Crippen MR) is 78.5 cm³/mol. The fraction of sp³-hybridized carbons (Fsp3) is 0.769. The number of halogens is 1. The first-order valence-electron chi connectivity index (χ1n) is 6.72. The Kier molecular flexibility index (Phi) is 4.50. The van der Waals surface area contributed by atoms with Crippen LogP contribution in [0.3, 0.4) is 0 Å². The fourth-order valence-electron chi connectivity index (χ4n) is 2.77. The van der Waals surface area contributed by atoms with E-state index in [-0.39, 0.29) is 6.04 Å². The number of nitrogens with two attached hydrogens (primary N) is 1. The summed E-state index contributed by atoms with van der Waals surface area (Å²) in [5, 5.41) is 5.10. The van der Waals surface area contributed by atoms with Crippen molar-refractivity contribution in [2.75, 3.05) is 33.7 Å². The lowest BCUT2D eigenvalue weighted by Crippen LogP contribution is -2.58. The third-order valence-corrected chi connectivity index (χ3v) is 4.58. The van der Waals surface area contributed by atoms with Crippen molar-refractivity contribution in [2.24, 2.45) is 12.8 Å². The largest absolute Gasteiger partial charge is 0.326 e. The SMILES string of the molecule is Cc1nn(C)c(CC(N)C2CN(C)CCN2C)c1Cl. The van der Waals surface area contributed by atoms with Crippen LogP contribution >= 0.6 is 11.6 Å². The van der Waals surface area contributed by atoms with Gasteiger partial charge in [-0.3, -0.25) is 9.58 Å². The third kappa shape index (κ3) is 3.11. The van der Waals surface area contributed by atoms with E-state index >= 15 is 0 Å². The van der Waals surface area contributed by atoms with Crippen LogP contribution < -0.4 is 5.73 Å². The van der Waals surface area contributed by atoms with Crippen LogP contribution in [0.25, 0.3) is 0 Å². The molecule has 0 aliphatic carbocycles. The standard InChI is InChI=1S/C13H24ClN5/c1-9-13(14)11(19(4)16-9)7-10(15)12-8-17(2)5-6-18(12)3/h10,12H,5-8,15H2,1-4H3. The van der Waals surface area contributed by atoms with Gasteiger partial charge in [0, 0.05) is 45.2 Å². The minimum atomic E-state index is 0.0695. The zero-order chi connectivity index (χ0) is 14.2. The quantitative estimate of drug-likeness (QED) is 0.879. The van der Waals surface area contributed by atoms with Gasteiger partial charge in [-0.2, -0.15) is 5.10 Å². The lowest BCUT2D eigenvalue weighted by molar-refractivity contribution is 0.0969. The van der Waals surface area contributed by atoms with E-state index in [2.05, 4.69) is 29.0 Å². The average Bonchev–Trinajstić information content (AvgIpc) is 2.59. The summed E-state index contributed by atoms with van der Waals surface area (Å²) in [7, 11) is 6.22. The molecule has 0 saturated carbocycles. The second-order valence-corrected chi connectivity index (χ2v) is 6.03. The summed E-state index contributed by atoms with van der Waals surface area (Å²) in [6, 6.07) is 0.435. The number of nitrogens with zero attached hydrogens (tertiary/aromatic N) is 4. The van der Waals surface area contributed by atoms with Crippen LogP contribution in [0, 0.1) is 6.92 Å². The summed E-state index contributed by atoms with van der Waals surface area (Å²) < 4.78 is 1.85. The number of aromatic nitrogens is 2. The lowest BCUT2D eigenvalue weighted by atomic mass is 10.00. The molecule has 2 atom stereocenters. The molecule has 2 rings (SSSR count). The van der Waals surface area contributed by atoms with Crippen molar-refractivity contribution < 1.29 is 0 Å². The van der Waals surface area contributed by atoms with E-state index in [9.17, 15) is 0 Å². The Morgan fingerprint density at radius 3 is 2.63 bits per heavy atom. The van der Waals surface area contributed by atoms with Gasteiger partial charge >= 0.3 is 0 Å². The molecule has 1 aromatic rings. The lowest BCUT2D eigenvalue weighted by Gasteiger charge is -2.40. The molecule has 2 N–H and O–H groups in total. The molecule has 1 aliphatic heterocycles. The van der Waals surface area contributed by atoms with Crippen LogP contribution in [-0.2, 0) is 13.5 Å². The third-order valence-electron chi connectivity index (χ3n) is 4.08. The van der Waals surface area contributed by atoms with Gasteiger partial charge in [-0.1, -0.05) is 11.6 Å². The topological polar surface area (TPSA) is 50.3 Å². The molecule has 5 nitrogen and oxygen atoms in total. The molecule has 0 aromatic carbocycles. The Bertz CT molecular complexity index is 444. The molecule has 108 valence electrons. The molecule has 2 unspecified atom stereocenters. The van der Waals surface area contributed by atoms with E-state index in [1.807, 2.05) is 18.7 Å². The monoisotopic (exact) mass is 285 g/mol.